The summed E-state index contributed by atoms with van der Waals surface area (Å²) >= 11 is 0. The number of nitrogens with two attached hydrogens (primary N) is 1. The maximum absolute atomic E-state index is 12.4. The Morgan fingerprint density at radius 2 is 2.00 bits per heavy atom. The van der Waals surface area contributed by atoms with E-state index in [4.69, 9.17) is 10.2 Å². The van der Waals surface area contributed by atoms with E-state index in [0.29, 0.717) is 12.0 Å². The van der Waals surface area contributed by atoms with Crippen LogP contribution in [0, 0.1) is 0 Å². The Kier molecular flexibility index (Phi) is 4.88. The topological polar surface area (TPSA) is 59.5 Å². The first kappa shape index (κ1) is 17.3. The predicted molar refractivity (Wildman–Crippen MR) is 101 cm³/mol. The van der Waals surface area contributed by atoms with Crippen LogP contribution < -0.4 is 16.3 Å². The van der Waals surface area contributed by atoms with Crippen molar-refractivity contribution in [2.75, 3.05) is 18.0 Å². The summed E-state index contributed by atoms with van der Waals surface area (Å²) in [5.74, 6) is 0. The van der Waals surface area contributed by atoms with Crippen LogP contribution in [-0.4, -0.2) is 19.1 Å². The summed E-state index contributed by atoms with van der Waals surface area (Å²) in [6.07, 6.45) is 5.93. The second kappa shape index (κ2) is 6.77. The molecule has 4 nitrogen and oxygen atoms in total. The van der Waals surface area contributed by atoms with Crippen LogP contribution in [0.2, 0.25) is 0 Å². The van der Waals surface area contributed by atoms with Crippen molar-refractivity contribution in [1.29, 1.82) is 0 Å². The van der Waals surface area contributed by atoms with Crippen LogP contribution in [-0.2, 0) is 19.3 Å². The number of benzene rings is 1. The maximum Gasteiger partial charge on any atom is 0.339 e. The number of nitrogens with zero attached hydrogens (tertiary/aromatic N) is 1. The molecule has 1 atom stereocenters. The summed E-state index contributed by atoms with van der Waals surface area (Å²) in [6, 6.07) is 4.26. The minimum Gasteiger partial charge on any atom is -0.422 e. The zero-order chi connectivity index (χ0) is 16.0. The van der Waals surface area contributed by atoms with Crippen molar-refractivity contribution >= 4 is 29.1 Å². The van der Waals surface area contributed by atoms with Crippen molar-refractivity contribution in [3.05, 3.63) is 39.2 Å². The molecule has 4 rings (SSSR count). The van der Waals surface area contributed by atoms with Gasteiger partial charge < -0.3 is 15.1 Å². The first-order valence-corrected chi connectivity index (χ1v) is 8.79. The third-order valence-corrected chi connectivity index (χ3v) is 5.29. The van der Waals surface area contributed by atoms with Gasteiger partial charge in [0, 0.05) is 41.3 Å². The van der Waals surface area contributed by atoms with Crippen LogP contribution in [0.1, 0.15) is 42.9 Å². The van der Waals surface area contributed by atoms with E-state index in [0.717, 1.165) is 49.7 Å². The summed E-state index contributed by atoms with van der Waals surface area (Å²) in [5, 5.41) is 1.07. The van der Waals surface area contributed by atoms with E-state index in [1.165, 1.54) is 23.2 Å². The highest BCUT2D eigenvalue weighted by molar-refractivity contribution is 5.88. The SMILES string of the molecule is CCC(N)Cc1cc2cc3c4c(c2oc1=O)CCCN4CCC3.Cl. The van der Waals surface area contributed by atoms with E-state index in [1.54, 1.807) is 0 Å². The van der Waals surface area contributed by atoms with Crippen LogP contribution in [0.25, 0.3) is 11.0 Å². The molecule has 0 radical (unpaired) electrons. The van der Waals surface area contributed by atoms with Crippen molar-refractivity contribution < 1.29 is 4.42 Å². The van der Waals surface area contributed by atoms with Gasteiger partial charge in [-0.15, -0.1) is 12.4 Å². The van der Waals surface area contributed by atoms with E-state index in [1.807, 2.05) is 13.0 Å². The number of anilines is 1. The second-order valence-corrected chi connectivity index (χ2v) is 6.91. The third-order valence-electron chi connectivity index (χ3n) is 5.29. The highest BCUT2D eigenvalue weighted by Gasteiger charge is 2.27. The third kappa shape index (κ3) is 2.82. The Labute approximate surface area is 148 Å². The average molecular weight is 349 g/mol. The summed E-state index contributed by atoms with van der Waals surface area (Å²) in [5.41, 5.74) is 11.3. The second-order valence-electron chi connectivity index (χ2n) is 6.91. The number of hydrogen-bond donors (Lipinski definition) is 1. The van der Waals surface area contributed by atoms with E-state index in [9.17, 15) is 4.79 Å². The molecule has 0 fully saturated rings. The summed E-state index contributed by atoms with van der Waals surface area (Å²) in [4.78, 5) is 14.9. The van der Waals surface area contributed by atoms with Crippen molar-refractivity contribution in [2.45, 2.75) is 51.5 Å². The van der Waals surface area contributed by atoms with Crippen LogP contribution >= 0.6 is 12.4 Å². The minimum atomic E-state index is -0.217. The molecule has 3 heterocycles. The lowest BCUT2D eigenvalue weighted by Crippen LogP contribution is -2.34. The van der Waals surface area contributed by atoms with Gasteiger partial charge in [-0.25, -0.2) is 4.79 Å². The highest BCUT2D eigenvalue weighted by Crippen LogP contribution is 2.39. The Hall–Kier alpha value is -1.52. The summed E-state index contributed by atoms with van der Waals surface area (Å²) in [7, 11) is 0. The van der Waals surface area contributed by atoms with Gasteiger partial charge in [-0.3, -0.25) is 0 Å². The fourth-order valence-corrected chi connectivity index (χ4v) is 4.06. The van der Waals surface area contributed by atoms with Gasteiger partial charge in [0.05, 0.1) is 0 Å². The van der Waals surface area contributed by atoms with Crippen molar-refractivity contribution in [2.24, 2.45) is 5.73 Å². The molecule has 2 aromatic rings. The zero-order valence-corrected chi connectivity index (χ0v) is 15.0. The van der Waals surface area contributed by atoms with E-state index < -0.39 is 0 Å². The molecular formula is C19H25ClN2O2. The molecule has 1 aromatic carbocycles. The molecule has 0 amide bonds. The summed E-state index contributed by atoms with van der Waals surface area (Å²) < 4.78 is 5.77. The number of rotatable bonds is 3. The van der Waals surface area contributed by atoms with Gasteiger partial charge in [0.15, 0.2) is 0 Å². The van der Waals surface area contributed by atoms with Crippen LogP contribution in [0.3, 0.4) is 0 Å². The van der Waals surface area contributed by atoms with Crippen molar-refractivity contribution in [3.63, 3.8) is 0 Å². The number of halogens is 1. The van der Waals surface area contributed by atoms with E-state index >= 15 is 0 Å². The van der Waals surface area contributed by atoms with E-state index in [2.05, 4.69) is 11.0 Å². The predicted octanol–water partition coefficient (Wildman–Crippen LogP) is 3.19. The standard InChI is InChI=1S/C19H24N2O2.ClH/c1-2-15(20)11-14-10-13-9-12-5-3-7-21-8-4-6-16(17(12)21)18(13)23-19(14)22;/h9-10,15H,2-8,11,20H2,1H3;1H. The lowest BCUT2D eigenvalue weighted by molar-refractivity contribution is 0.530. The van der Waals surface area contributed by atoms with Gasteiger partial charge in [0.1, 0.15) is 5.58 Å². The molecule has 130 valence electrons. The van der Waals surface area contributed by atoms with Crippen molar-refractivity contribution in [3.8, 4) is 0 Å². The lowest BCUT2D eigenvalue weighted by Gasteiger charge is -2.37. The quantitative estimate of drug-likeness (QED) is 0.865. The fourth-order valence-electron chi connectivity index (χ4n) is 4.06. The molecule has 0 saturated carbocycles. The van der Waals surface area contributed by atoms with Crippen molar-refractivity contribution in [1.82, 2.24) is 0 Å². The van der Waals surface area contributed by atoms with Crippen LogP contribution in [0.4, 0.5) is 5.69 Å². The molecule has 2 N–H and O–H groups in total. The Balaban J connectivity index is 0.00000169. The smallest absolute Gasteiger partial charge is 0.339 e. The Morgan fingerprint density at radius 1 is 1.25 bits per heavy atom. The number of hydrogen-bond acceptors (Lipinski definition) is 4. The molecule has 5 heteroatoms. The molecular weight excluding hydrogens is 324 g/mol. The fraction of sp³-hybridized carbons (Fsp3) is 0.526. The van der Waals surface area contributed by atoms with Gasteiger partial charge in [0.2, 0.25) is 0 Å². The molecule has 24 heavy (non-hydrogen) atoms. The number of fused-ring (bicyclic) bond motifs is 2. The molecule has 2 aliphatic rings. The molecule has 2 aliphatic heterocycles. The van der Waals surface area contributed by atoms with Gasteiger partial charge in [-0.2, -0.15) is 0 Å². The van der Waals surface area contributed by atoms with Crippen LogP contribution in [0.15, 0.2) is 21.3 Å². The first-order valence-electron chi connectivity index (χ1n) is 8.79. The molecule has 0 spiro atoms. The Morgan fingerprint density at radius 3 is 2.75 bits per heavy atom. The van der Waals surface area contributed by atoms with Crippen LogP contribution in [0.5, 0.6) is 0 Å². The van der Waals surface area contributed by atoms with Gasteiger partial charge in [-0.1, -0.05) is 6.92 Å². The first-order chi connectivity index (χ1) is 11.2. The van der Waals surface area contributed by atoms with Gasteiger partial charge in [-0.05, 0) is 56.2 Å². The maximum atomic E-state index is 12.4. The highest BCUT2D eigenvalue weighted by atomic mass is 35.5. The largest absolute Gasteiger partial charge is 0.422 e. The zero-order valence-electron chi connectivity index (χ0n) is 14.1. The molecule has 0 aliphatic carbocycles. The Bertz CT molecular complexity index is 813. The van der Waals surface area contributed by atoms with Gasteiger partial charge >= 0.3 is 5.63 Å². The molecule has 0 saturated heterocycles. The molecule has 1 aromatic heterocycles. The normalized spacial score (nSPS) is 17.3. The average Bonchev–Trinajstić information content (AvgIpc) is 2.57. The molecule has 1 unspecified atom stereocenters. The number of aryl methyl sites for hydroxylation is 2. The molecule has 0 bridgehead atoms. The lowest BCUT2D eigenvalue weighted by atomic mass is 9.89. The monoisotopic (exact) mass is 348 g/mol. The van der Waals surface area contributed by atoms with Gasteiger partial charge in [0.25, 0.3) is 0 Å². The van der Waals surface area contributed by atoms with E-state index in [-0.39, 0.29) is 24.1 Å². The minimum absolute atomic E-state index is 0. The summed E-state index contributed by atoms with van der Waals surface area (Å²) in [6.45, 7) is 4.29.